The summed E-state index contributed by atoms with van der Waals surface area (Å²) < 4.78 is 0. The van der Waals surface area contributed by atoms with Crippen molar-refractivity contribution in [2.75, 3.05) is 26.2 Å². The van der Waals surface area contributed by atoms with Crippen molar-refractivity contribution in [3.8, 4) is 0 Å². The highest BCUT2D eigenvalue weighted by Gasteiger charge is 2.36. The number of aromatic nitrogens is 1. The molecule has 0 spiro atoms. The van der Waals surface area contributed by atoms with Gasteiger partial charge in [-0.15, -0.1) is 0 Å². The highest BCUT2D eigenvalue weighted by molar-refractivity contribution is 5.98. The van der Waals surface area contributed by atoms with Gasteiger partial charge in [-0.1, -0.05) is 24.3 Å². The predicted molar refractivity (Wildman–Crippen MR) is 118 cm³/mol. The van der Waals surface area contributed by atoms with Crippen molar-refractivity contribution in [2.45, 2.75) is 26.3 Å². The molecule has 2 N–H and O–H groups in total. The molecular weight excluding hydrogens is 392 g/mol. The van der Waals surface area contributed by atoms with Gasteiger partial charge in [-0.2, -0.15) is 0 Å². The van der Waals surface area contributed by atoms with Crippen LogP contribution < -0.4 is 5.32 Å². The number of hydrogen-bond donors (Lipinski definition) is 2. The Morgan fingerprint density at radius 3 is 2.61 bits per heavy atom. The van der Waals surface area contributed by atoms with Crippen LogP contribution in [-0.4, -0.2) is 58.1 Å². The van der Waals surface area contributed by atoms with Gasteiger partial charge in [-0.25, -0.2) is 4.79 Å². The Morgan fingerprint density at radius 2 is 1.97 bits per heavy atom. The number of fused-ring (bicyclic) bond motifs is 1. The largest absolute Gasteiger partial charge is 0.465 e. The van der Waals surface area contributed by atoms with Crippen LogP contribution in [0.4, 0.5) is 4.79 Å². The van der Waals surface area contributed by atoms with E-state index in [1.165, 1.54) is 5.57 Å². The van der Waals surface area contributed by atoms with Gasteiger partial charge >= 0.3 is 6.09 Å². The van der Waals surface area contributed by atoms with Crippen LogP contribution in [0.3, 0.4) is 0 Å². The van der Waals surface area contributed by atoms with Gasteiger partial charge in [0.2, 0.25) is 0 Å². The number of benzene rings is 1. The van der Waals surface area contributed by atoms with Crippen molar-refractivity contribution in [1.82, 2.24) is 20.1 Å². The number of rotatable bonds is 6. The molecule has 4 rings (SSSR count). The van der Waals surface area contributed by atoms with Gasteiger partial charge in [0.1, 0.15) is 0 Å². The number of likely N-dealkylation sites (tertiary alicyclic amines) is 1. The average molecular weight is 421 g/mol. The highest BCUT2D eigenvalue weighted by atomic mass is 16.4. The molecule has 31 heavy (non-hydrogen) atoms. The fourth-order valence-electron chi connectivity index (χ4n) is 4.66. The molecule has 2 aliphatic rings. The van der Waals surface area contributed by atoms with Crippen LogP contribution in [0.15, 0.2) is 54.5 Å². The van der Waals surface area contributed by atoms with Crippen LogP contribution in [-0.2, 0) is 0 Å². The van der Waals surface area contributed by atoms with E-state index >= 15 is 0 Å². The second-order valence-corrected chi connectivity index (χ2v) is 8.44. The van der Waals surface area contributed by atoms with Gasteiger partial charge in [0.25, 0.3) is 5.91 Å². The molecule has 0 aliphatic carbocycles. The van der Waals surface area contributed by atoms with Crippen LogP contribution in [0.2, 0.25) is 0 Å². The van der Waals surface area contributed by atoms with E-state index in [-0.39, 0.29) is 11.9 Å². The monoisotopic (exact) mass is 420 g/mol. The molecule has 0 saturated carbocycles. The van der Waals surface area contributed by atoms with E-state index in [1.807, 2.05) is 55.3 Å². The molecule has 1 fully saturated rings. The fraction of sp³-hybridized carbons (Fsp3) is 0.375. The quantitative estimate of drug-likeness (QED) is 0.748. The lowest BCUT2D eigenvalue weighted by Gasteiger charge is -2.23. The Hall–Kier alpha value is -3.19. The van der Waals surface area contributed by atoms with Crippen molar-refractivity contribution in [3.05, 3.63) is 76.8 Å². The molecule has 7 heteroatoms. The molecule has 7 nitrogen and oxygen atoms in total. The molecule has 0 radical (unpaired) electrons. The van der Waals surface area contributed by atoms with Crippen LogP contribution in [0.5, 0.6) is 0 Å². The summed E-state index contributed by atoms with van der Waals surface area (Å²) in [5.74, 6) is 0.420. The lowest BCUT2D eigenvalue weighted by atomic mass is 10.0. The van der Waals surface area contributed by atoms with E-state index in [0.29, 0.717) is 18.9 Å². The Labute approximate surface area is 182 Å². The smallest absolute Gasteiger partial charge is 0.405 e. The van der Waals surface area contributed by atoms with Crippen LogP contribution in [0, 0.1) is 19.8 Å². The molecule has 2 atom stereocenters. The first kappa shape index (κ1) is 21.1. The first-order chi connectivity index (χ1) is 14.9. The Bertz CT molecular complexity index is 985. The molecule has 2 amide bonds. The Morgan fingerprint density at radius 1 is 1.19 bits per heavy atom. The zero-order chi connectivity index (χ0) is 22.0. The molecule has 2 aromatic rings. The summed E-state index contributed by atoms with van der Waals surface area (Å²) in [7, 11) is 0. The number of nitrogens with zero attached hydrogens (tertiary/aromatic N) is 3. The molecule has 1 saturated heterocycles. The van der Waals surface area contributed by atoms with Crippen LogP contribution in [0.25, 0.3) is 0 Å². The molecule has 162 valence electrons. The number of carboxylic acid groups (broad SMARTS) is 1. The Kier molecular flexibility index (Phi) is 6.04. The third-order valence-corrected chi connectivity index (χ3v) is 6.22. The van der Waals surface area contributed by atoms with Crippen LogP contribution in [0.1, 0.15) is 39.5 Å². The van der Waals surface area contributed by atoms with Gasteiger partial charge in [0, 0.05) is 56.3 Å². The number of aryl methyl sites for hydroxylation is 2. The van der Waals surface area contributed by atoms with E-state index in [4.69, 9.17) is 0 Å². The molecule has 0 bridgehead atoms. The van der Waals surface area contributed by atoms with Gasteiger partial charge in [-0.05, 0) is 48.6 Å². The maximum atomic E-state index is 13.1. The first-order valence-electron chi connectivity index (χ1n) is 10.6. The SMILES string of the molecule is Cc1cccc(C)c1C(=O)N1C=C2CN(CC[C@H](NC(=O)O)c3cccnc3)CC2C1. The second-order valence-electron chi connectivity index (χ2n) is 8.44. The van der Waals surface area contributed by atoms with E-state index in [0.717, 1.165) is 41.9 Å². The summed E-state index contributed by atoms with van der Waals surface area (Å²) >= 11 is 0. The molecular formula is C24H28N4O3. The number of carbonyl (C=O) groups is 2. The highest BCUT2D eigenvalue weighted by Crippen LogP contribution is 2.32. The first-order valence-corrected chi connectivity index (χ1v) is 10.6. The maximum absolute atomic E-state index is 13.1. The summed E-state index contributed by atoms with van der Waals surface area (Å²) in [6, 6.07) is 9.37. The van der Waals surface area contributed by atoms with Crippen molar-refractivity contribution >= 4 is 12.0 Å². The lowest BCUT2D eigenvalue weighted by molar-refractivity contribution is 0.0819. The molecule has 1 unspecified atom stereocenters. The van der Waals surface area contributed by atoms with Crippen molar-refractivity contribution < 1.29 is 14.7 Å². The second kappa shape index (κ2) is 8.89. The molecule has 3 heterocycles. The van der Waals surface area contributed by atoms with Gasteiger partial charge in [-0.3, -0.25) is 14.7 Å². The summed E-state index contributed by atoms with van der Waals surface area (Å²) in [6.07, 6.45) is 5.05. The van der Waals surface area contributed by atoms with Crippen molar-refractivity contribution in [2.24, 2.45) is 5.92 Å². The van der Waals surface area contributed by atoms with Gasteiger partial charge in [0.05, 0.1) is 6.04 Å². The van der Waals surface area contributed by atoms with E-state index in [1.54, 1.807) is 12.4 Å². The van der Waals surface area contributed by atoms with E-state index in [9.17, 15) is 14.7 Å². The average Bonchev–Trinajstić information content (AvgIpc) is 3.30. The summed E-state index contributed by atoms with van der Waals surface area (Å²) in [4.78, 5) is 32.6. The third-order valence-electron chi connectivity index (χ3n) is 6.22. The summed E-state index contributed by atoms with van der Waals surface area (Å²) in [5.41, 5.74) is 4.97. The zero-order valence-electron chi connectivity index (χ0n) is 17.9. The minimum atomic E-state index is -1.03. The predicted octanol–water partition coefficient (Wildman–Crippen LogP) is 3.37. The van der Waals surface area contributed by atoms with E-state index in [2.05, 4.69) is 15.2 Å². The van der Waals surface area contributed by atoms with Gasteiger partial charge in [0.15, 0.2) is 0 Å². The summed E-state index contributed by atoms with van der Waals surface area (Å²) in [6.45, 7) is 7.14. The summed E-state index contributed by atoms with van der Waals surface area (Å²) in [5, 5.41) is 11.8. The van der Waals surface area contributed by atoms with Crippen molar-refractivity contribution in [3.63, 3.8) is 0 Å². The molecule has 2 aliphatic heterocycles. The van der Waals surface area contributed by atoms with Crippen LogP contribution >= 0.6 is 0 Å². The number of hydrogen-bond acceptors (Lipinski definition) is 4. The topological polar surface area (TPSA) is 85.8 Å². The fourth-order valence-corrected chi connectivity index (χ4v) is 4.66. The maximum Gasteiger partial charge on any atom is 0.405 e. The molecule has 1 aromatic heterocycles. The minimum absolute atomic E-state index is 0.0753. The van der Waals surface area contributed by atoms with Crippen molar-refractivity contribution in [1.29, 1.82) is 0 Å². The molecule has 1 aromatic carbocycles. The normalized spacial score (nSPS) is 19.1. The minimum Gasteiger partial charge on any atom is -0.465 e. The van der Waals surface area contributed by atoms with E-state index < -0.39 is 6.09 Å². The number of amides is 2. The van der Waals surface area contributed by atoms with Gasteiger partial charge < -0.3 is 15.3 Å². The number of nitrogens with one attached hydrogen (secondary N) is 1. The third kappa shape index (κ3) is 4.61. The lowest BCUT2D eigenvalue weighted by Crippen LogP contribution is -2.33. The number of carbonyl (C=O) groups excluding carboxylic acids is 1. The Balaban J connectivity index is 1.38. The zero-order valence-corrected chi connectivity index (χ0v) is 17.9. The number of pyridine rings is 1. The standard InChI is InChI=1S/C24H28N4O3/c1-16-5-3-6-17(2)22(16)23(29)28-14-19-12-27(13-20(19)15-28)10-8-21(26-24(30)31)18-7-4-9-25-11-18/h3-7,9,11,14,20-21,26H,8,10,12-13,15H2,1-2H3,(H,30,31)/t20?,21-/m0/s1.